The van der Waals surface area contributed by atoms with Crippen LogP contribution in [0.4, 0.5) is 0 Å². The molecular weight excluding hydrogens is 336 g/mol. The van der Waals surface area contributed by atoms with Gasteiger partial charge in [-0.15, -0.1) is 0 Å². The lowest BCUT2D eigenvalue weighted by molar-refractivity contribution is -0.123. The minimum atomic E-state index is 0.0185. The molecule has 1 rings (SSSR count). The van der Waals surface area contributed by atoms with Crippen LogP contribution in [0.2, 0.25) is 0 Å². The van der Waals surface area contributed by atoms with Crippen LogP contribution in [0.1, 0.15) is 19.4 Å². The van der Waals surface area contributed by atoms with Crippen molar-refractivity contribution in [1.29, 1.82) is 0 Å². The van der Waals surface area contributed by atoms with E-state index >= 15 is 0 Å². The second-order valence-electron chi connectivity index (χ2n) is 4.92. The van der Waals surface area contributed by atoms with Gasteiger partial charge in [0, 0.05) is 30.0 Å². The monoisotopic (exact) mass is 358 g/mol. The van der Waals surface area contributed by atoms with E-state index in [1.807, 2.05) is 26.0 Å². The lowest BCUT2D eigenvalue weighted by atomic mass is 10.2. The van der Waals surface area contributed by atoms with Crippen molar-refractivity contribution in [1.82, 2.24) is 10.6 Å². The molecule has 2 N–H and O–H groups in total. The summed E-state index contributed by atoms with van der Waals surface area (Å²) >= 11 is 3.52. The molecule has 0 aliphatic heterocycles. The molecule has 0 aliphatic carbocycles. The summed E-state index contributed by atoms with van der Waals surface area (Å²) in [7, 11) is 3.23. The van der Waals surface area contributed by atoms with Gasteiger partial charge >= 0.3 is 0 Å². The van der Waals surface area contributed by atoms with E-state index in [1.54, 1.807) is 14.2 Å². The number of nitrogens with one attached hydrogen (secondary N) is 2. The molecule has 0 bridgehead atoms. The molecule has 118 valence electrons. The molecule has 6 heteroatoms. The number of carbonyl (C=O) groups is 1. The Morgan fingerprint density at radius 2 is 1.81 bits per heavy atom. The first-order chi connectivity index (χ1) is 9.99. The molecular formula is C15H23BrN2O3. The molecule has 0 unspecified atom stereocenters. The van der Waals surface area contributed by atoms with Crippen LogP contribution in [0.3, 0.4) is 0 Å². The van der Waals surface area contributed by atoms with Gasteiger partial charge in [-0.25, -0.2) is 0 Å². The molecule has 0 saturated heterocycles. The summed E-state index contributed by atoms with van der Waals surface area (Å²) < 4.78 is 11.5. The summed E-state index contributed by atoms with van der Waals surface area (Å²) in [6.45, 7) is 5.76. The van der Waals surface area contributed by atoms with E-state index in [-0.39, 0.29) is 11.8 Å². The normalized spacial score (nSPS) is 10.6. The van der Waals surface area contributed by atoms with Gasteiger partial charge in [0.15, 0.2) is 11.5 Å². The van der Waals surface area contributed by atoms with Crippen LogP contribution >= 0.6 is 15.9 Å². The van der Waals surface area contributed by atoms with Crippen molar-refractivity contribution >= 4 is 21.8 Å². The molecule has 0 heterocycles. The molecule has 1 aromatic carbocycles. The highest BCUT2D eigenvalue weighted by Gasteiger charge is 2.09. The van der Waals surface area contributed by atoms with E-state index in [0.717, 1.165) is 10.0 Å². The Hall–Kier alpha value is -1.27. The van der Waals surface area contributed by atoms with E-state index in [2.05, 4.69) is 26.6 Å². The van der Waals surface area contributed by atoms with Crippen molar-refractivity contribution in [3.8, 4) is 11.5 Å². The third-order valence-electron chi connectivity index (χ3n) is 2.99. The van der Waals surface area contributed by atoms with Gasteiger partial charge < -0.3 is 20.1 Å². The van der Waals surface area contributed by atoms with E-state index in [1.165, 1.54) is 0 Å². The lowest BCUT2D eigenvalue weighted by Gasteiger charge is -2.13. The molecule has 5 nitrogen and oxygen atoms in total. The fourth-order valence-electron chi connectivity index (χ4n) is 1.73. The van der Waals surface area contributed by atoms with Crippen LogP contribution < -0.4 is 20.1 Å². The molecule has 0 saturated carbocycles. The maximum Gasteiger partial charge on any atom is 0.222 e. The summed E-state index contributed by atoms with van der Waals surface area (Å²) in [5, 5.41) is 6.15. The van der Waals surface area contributed by atoms with E-state index < -0.39 is 0 Å². The Kier molecular flexibility index (Phi) is 7.53. The number of benzene rings is 1. The third kappa shape index (κ3) is 5.55. The molecule has 0 atom stereocenters. The third-order valence-corrected chi connectivity index (χ3v) is 3.73. The highest BCUT2D eigenvalue weighted by molar-refractivity contribution is 9.10. The first-order valence-electron chi connectivity index (χ1n) is 6.88. The maximum absolute atomic E-state index is 11.4. The number of rotatable bonds is 8. The second-order valence-corrected chi connectivity index (χ2v) is 5.78. The van der Waals surface area contributed by atoms with Crippen LogP contribution in [0.25, 0.3) is 0 Å². The second kappa shape index (κ2) is 8.89. The average molecular weight is 359 g/mol. The minimum Gasteiger partial charge on any atom is -0.493 e. The van der Waals surface area contributed by atoms with Gasteiger partial charge in [-0.05, 0) is 17.7 Å². The summed E-state index contributed by atoms with van der Waals surface area (Å²) in [5.74, 6) is 1.48. The quantitative estimate of drug-likeness (QED) is 0.700. The van der Waals surface area contributed by atoms with Gasteiger partial charge in [0.1, 0.15) is 0 Å². The molecule has 21 heavy (non-hydrogen) atoms. The largest absolute Gasteiger partial charge is 0.493 e. The van der Waals surface area contributed by atoms with E-state index in [0.29, 0.717) is 31.1 Å². The Balaban J connectivity index is 2.47. The SMILES string of the molecule is COc1cc(Br)c(CNCCNC(=O)C(C)C)cc1OC. The first-order valence-corrected chi connectivity index (χ1v) is 7.67. The molecule has 1 amide bonds. The van der Waals surface area contributed by atoms with Crippen molar-refractivity contribution in [2.24, 2.45) is 5.92 Å². The van der Waals surface area contributed by atoms with Crippen LogP contribution in [0.5, 0.6) is 11.5 Å². The standard InChI is InChI=1S/C15H23BrN2O3/c1-10(2)15(19)18-6-5-17-9-11-7-13(20-3)14(21-4)8-12(11)16/h7-8,10,17H,5-6,9H2,1-4H3,(H,18,19). The van der Waals surface area contributed by atoms with Crippen molar-refractivity contribution < 1.29 is 14.3 Å². The fraction of sp³-hybridized carbons (Fsp3) is 0.533. The van der Waals surface area contributed by atoms with Crippen LogP contribution in [-0.2, 0) is 11.3 Å². The number of hydrogen-bond acceptors (Lipinski definition) is 4. The van der Waals surface area contributed by atoms with Gasteiger partial charge in [0.25, 0.3) is 0 Å². The Morgan fingerprint density at radius 1 is 1.19 bits per heavy atom. The molecule has 0 radical (unpaired) electrons. The van der Waals surface area contributed by atoms with Crippen molar-refractivity contribution in [3.63, 3.8) is 0 Å². The zero-order valence-electron chi connectivity index (χ0n) is 13.0. The first kappa shape index (κ1) is 17.8. The van der Waals surface area contributed by atoms with Crippen molar-refractivity contribution in [3.05, 3.63) is 22.2 Å². The van der Waals surface area contributed by atoms with Gasteiger partial charge in [0.05, 0.1) is 14.2 Å². The molecule has 1 aromatic rings. The number of hydrogen-bond donors (Lipinski definition) is 2. The summed E-state index contributed by atoms with van der Waals surface area (Å²) in [6.07, 6.45) is 0. The summed E-state index contributed by atoms with van der Waals surface area (Å²) in [4.78, 5) is 11.4. The van der Waals surface area contributed by atoms with Crippen molar-refractivity contribution in [2.75, 3.05) is 27.3 Å². The van der Waals surface area contributed by atoms with Crippen LogP contribution in [-0.4, -0.2) is 33.2 Å². The number of ether oxygens (including phenoxy) is 2. The highest BCUT2D eigenvalue weighted by Crippen LogP contribution is 2.33. The van der Waals surface area contributed by atoms with Gasteiger partial charge in [-0.2, -0.15) is 0 Å². The Morgan fingerprint density at radius 3 is 2.38 bits per heavy atom. The molecule has 0 aliphatic rings. The minimum absolute atomic E-state index is 0.0185. The van der Waals surface area contributed by atoms with Gasteiger partial charge in [0.2, 0.25) is 5.91 Å². The molecule has 0 aromatic heterocycles. The van der Waals surface area contributed by atoms with E-state index in [4.69, 9.17) is 9.47 Å². The van der Waals surface area contributed by atoms with Crippen LogP contribution in [0.15, 0.2) is 16.6 Å². The average Bonchev–Trinajstić information content (AvgIpc) is 2.47. The Bertz CT molecular complexity index is 478. The van der Waals surface area contributed by atoms with Crippen molar-refractivity contribution in [2.45, 2.75) is 20.4 Å². The number of methoxy groups -OCH3 is 2. The smallest absolute Gasteiger partial charge is 0.222 e. The predicted octanol–water partition coefficient (Wildman–Crippen LogP) is 2.33. The molecule has 0 fully saturated rings. The highest BCUT2D eigenvalue weighted by atomic mass is 79.9. The zero-order chi connectivity index (χ0) is 15.8. The number of halogens is 1. The van der Waals surface area contributed by atoms with Gasteiger partial charge in [-0.1, -0.05) is 29.8 Å². The lowest BCUT2D eigenvalue weighted by Crippen LogP contribution is -2.34. The predicted molar refractivity (Wildman–Crippen MR) is 86.8 cm³/mol. The van der Waals surface area contributed by atoms with Gasteiger partial charge in [-0.3, -0.25) is 4.79 Å². The maximum atomic E-state index is 11.4. The van der Waals surface area contributed by atoms with E-state index in [9.17, 15) is 4.79 Å². The number of amides is 1. The fourth-order valence-corrected chi connectivity index (χ4v) is 2.20. The topological polar surface area (TPSA) is 59.6 Å². The molecule has 0 spiro atoms. The Labute approximate surface area is 134 Å². The zero-order valence-corrected chi connectivity index (χ0v) is 14.5. The van der Waals surface area contributed by atoms with Crippen LogP contribution in [0, 0.1) is 5.92 Å². The summed E-state index contributed by atoms with van der Waals surface area (Å²) in [6, 6.07) is 3.82. The summed E-state index contributed by atoms with van der Waals surface area (Å²) in [5.41, 5.74) is 1.07. The number of carbonyl (C=O) groups excluding carboxylic acids is 1.